The summed E-state index contributed by atoms with van der Waals surface area (Å²) in [5.74, 6) is 0. The van der Waals surface area contributed by atoms with Crippen LogP contribution in [0.1, 0.15) is 20.8 Å². The molecule has 0 aliphatic carbocycles. The van der Waals surface area contributed by atoms with Crippen LogP contribution >= 0.6 is 0 Å². The van der Waals surface area contributed by atoms with Crippen LogP contribution in [-0.2, 0) is 4.74 Å². The van der Waals surface area contributed by atoms with Gasteiger partial charge in [0.25, 0.3) is 0 Å². The van der Waals surface area contributed by atoms with E-state index >= 15 is 0 Å². The molecular formula is C11H18F3N2O2+. The first kappa shape index (κ1) is 14.8. The normalized spacial score (nSPS) is 17.4. The maximum Gasteiger partial charge on any atom is 0.422 e. The zero-order valence-corrected chi connectivity index (χ0v) is 10.8. The van der Waals surface area contributed by atoms with Crippen molar-refractivity contribution in [1.29, 1.82) is 0 Å². The summed E-state index contributed by atoms with van der Waals surface area (Å²) >= 11 is 0. The Bertz CT molecular complexity index is 345. The van der Waals surface area contributed by atoms with Gasteiger partial charge in [0.2, 0.25) is 0 Å². The standard InChI is InChI=1S/C11H18F3N2O2/c1-10(2,3)16-6-4-15(5-7-16)9(17)18-8-11(12,13)14/h6H,4-5,7-8H2,1-3H3/q+1. The van der Waals surface area contributed by atoms with Crippen LogP contribution in [-0.4, -0.2) is 59.7 Å². The molecule has 104 valence electrons. The highest BCUT2D eigenvalue weighted by molar-refractivity contribution is 5.72. The molecule has 0 bridgehead atoms. The fourth-order valence-electron chi connectivity index (χ4n) is 1.62. The molecule has 18 heavy (non-hydrogen) atoms. The van der Waals surface area contributed by atoms with Gasteiger partial charge in [0.05, 0.1) is 6.54 Å². The van der Waals surface area contributed by atoms with Crippen LogP contribution in [0.4, 0.5) is 18.0 Å². The van der Waals surface area contributed by atoms with Crippen molar-refractivity contribution in [3.63, 3.8) is 0 Å². The number of carbonyl (C=O) groups is 1. The maximum atomic E-state index is 11.9. The van der Waals surface area contributed by atoms with E-state index < -0.39 is 18.9 Å². The Morgan fingerprint density at radius 2 is 2.00 bits per heavy atom. The van der Waals surface area contributed by atoms with Gasteiger partial charge >= 0.3 is 12.3 Å². The highest BCUT2D eigenvalue weighted by Gasteiger charge is 2.33. The fourth-order valence-corrected chi connectivity index (χ4v) is 1.62. The first-order valence-electron chi connectivity index (χ1n) is 5.68. The topological polar surface area (TPSA) is 32.5 Å². The minimum atomic E-state index is -4.48. The number of hydrogen-bond acceptors (Lipinski definition) is 2. The SMILES string of the molecule is CC(C)(C)[N+]1=CCN(C(=O)OCC(F)(F)F)CC1. The largest absolute Gasteiger partial charge is 0.440 e. The fraction of sp³-hybridized carbons (Fsp3) is 0.818. The van der Waals surface area contributed by atoms with E-state index in [1.807, 2.05) is 20.8 Å². The Morgan fingerprint density at radius 3 is 2.39 bits per heavy atom. The first-order valence-corrected chi connectivity index (χ1v) is 5.68. The highest BCUT2D eigenvalue weighted by Crippen LogP contribution is 2.15. The number of alkyl halides is 3. The van der Waals surface area contributed by atoms with Crippen LogP contribution in [0.2, 0.25) is 0 Å². The molecule has 0 fully saturated rings. The lowest BCUT2D eigenvalue weighted by molar-refractivity contribution is -0.596. The second-order valence-electron chi connectivity index (χ2n) is 5.16. The van der Waals surface area contributed by atoms with Gasteiger partial charge in [-0.3, -0.25) is 4.90 Å². The third-order valence-electron chi connectivity index (χ3n) is 2.61. The van der Waals surface area contributed by atoms with E-state index in [9.17, 15) is 18.0 Å². The van der Waals surface area contributed by atoms with Gasteiger partial charge in [-0.25, -0.2) is 9.37 Å². The molecule has 1 rings (SSSR count). The van der Waals surface area contributed by atoms with Crippen molar-refractivity contribution in [2.75, 3.05) is 26.2 Å². The Morgan fingerprint density at radius 1 is 1.39 bits per heavy atom. The van der Waals surface area contributed by atoms with Gasteiger partial charge in [-0.2, -0.15) is 13.2 Å². The average molecular weight is 267 g/mol. The van der Waals surface area contributed by atoms with Crippen LogP contribution in [0.25, 0.3) is 0 Å². The smallest absolute Gasteiger partial charge is 0.422 e. The van der Waals surface area contributed by atoms with Crippen molar-refractivity contribution in [2.24, 2.45) is 0 Å². The summed E-state index contributed by atoms with van der Waals surface area (Å²) in [6.45, 7) is 5.78. The van der Waals surface area contributed by atoms with E-state index in [1.165, 1.54) is 4.90 Å². The molecule has 4 nitrogen and oxygen atoms in total. The van der Waals surface area contributed by atoms with Crippen molar-refractivity contribution in [1.82, 2.24) is 4.90 Å². The van der Waals surface area contributed by atoms with Crippen LogP contribution in [0, 0.1) is 0 Å². The molecule has 1 amide bonds. The number of hydrogen-bond donors (Lipinski definition) is 0. The lowest BCUT2D eigenvalue weighted by atomic mass is 10.1. The van der Waals surface area contributed by atoms with Gasteiger partial charge in [0.1, 0.15) is 6.54 Å². The molecule has 7 heteroatoms. The monoisotopic (exact) mass is 267 g/mol. The second kappa shape index (κ2) is 5.16. The molecule has 0 saturated carbocycles. The van der Waals surface area contributed by atoms with Gasteiger partial charge in [-0.15, -0.1) is 0 Å². The lowest BCUT2D eigenvalue weighted by Crippen LogP contribution is -2.48. The van der Waals surface area contributed by atoms with Crippen LogP contribution in [0.5, 0.6) is 0 Å². The molecule has 0 spiro atoms. The molecule has 0 aromatic carbocycles. The zero-order chi connectivity index (χ0) is 14.0. The summed E-state index contributed by atoms with van der Waals surface area (Å²) in [5.41, 5.74) is -0.0536. The summed E-state index contributed by atoms with van der Waals surface area (Å²) in [5, 5.41) is 0. The Kier molecular flexibility index (Phi) is 4.24. The lowest BCUT2D eigenvalue weighted by Gasteiger charge is -2.27. The molecule has 1 aliphatic rings. The van der Waals surface area contributed by atoms with Gasteiger partial charge in [0, 0.05) is 0 Å². The molecule has 0 aromatic heterocycles. The van der Waals surface area contributed by atoms with E-state index in [2.05, 4.69) is 9.31 Å². The molecule has 0 aromatic rings. The van der Waals surface area contributed by atoms with E-state index in [0.29, 0.717) is 13.1 Å². The first-order chi connectivity index (χ1) is 8.09. The summed E-state index contributed by atoms with van der Waals surface area (Å²) in [7, 11) is 0. The van der Waals surface area contributed by atoms with E-state index in [0.717, 1.165) is 0 Å². The Hall–Kier alpha value is -1.27. The zero-order valence-electron chi connectivity index (χ0n) is 10.8. The average Bonchev–Trinajstić information content (AvgIpc) is 2.24. The predicted molar refractivity (Wildman–Crippen MR) is 59.9 cm³/mol. The third kappa shape index (κ3) is 4.54. The molecule has 0 saturated heterocycles. The molecule has 0 N–H and O–H groups in total. The summed E-state index contributed by atoms with van der Waals surface area (Å²) in [6.07, 6.45) is -3.59. The van der Waals surface area contributed by atoms with Crippen molar-refractivity contribution in [2.45, 2.75) is 32.5 Å². The number of amides is 1. The van der Waals surface area contributed by atoms with Crippen LogP contribution in [0.15, 0.2) is 0 Å². The highest BCUT2D eigenvalue weighted by atomic mass is 19.4. The minimum absolute atomic E-state index is 0.0536. The Balaban J connectivity index is 2.48. The van der Waals surface area contributed by atoms with Crippen molar-refractivity contribution >= 4 is 12.3 Å². The van der Waals surface area contributed by atoms with Crippen molar-refractivity contribution in [3.05, 3.63) is 0 Å². The third-order valence-corrected chi connectivity index (χ3v) is 2.61. The number of rotatable bonds is 1. The Labute approximate surface area is 104 Å². The number of nitrogens with zero attached hydrogens (tertiary/aromatic N) is 2. The van der Waals surface area contributed by atoms with E-state index in [-0.39, 0.29) is 12.1 Å². The molecule has 0 unspecified atom stereocenters. The summed E-state index contributed by atoms with van der Waals surface area (Å²) < 4.78 is 41.9. The van der Waals surface area contributed by atoms with E-state index in [4.69, 9.17) is 0 Å². The van der Waals surface area contributed by atoms with Gasteiger partial charge in [-0.1, -0.05) is 0 Å². The van der Waals surface area contributed by atoms with E-state index in [1.54, 1.807) is 6.21 Å². The van der Waals surface area contributed by atoms with Crippen molar-refractivity contribution < 1.29 is 27.3 Å². The molecular weight excluding hydrogens is 249 g/mol. The predicted octanol–water partition coefficient (Wildman–Crippen LogP) is 1.88. The maximum absolute atomic E-state index is 11.9. The van der Waals surface area contributed by atoms with Gasteiger partial charge in [-0.05, 0) is 20.8 Å². The quantitative estimate of drug-likeness (QED) is 0.680. The summed E-state index contributed by atoms with van der Waals surface area (Å²) in [4.78, 5) is 12.6. The van der Waals surface area contributed by atoms with Gasteiger partial charge < -0.3 is 4.74 Å². The second-order valence-corrected chi connectivity index (χ2v) is 5.16. The van der Waals surface area contributed by atoms with Gasteiger partial charge in [0.15, 0.2) is 24.9 Å². The number of ether oxygens (including phenoxy) is 1. The molecule has 0 radical (unpaired) electrons. The minimum Gasteiger partial charge on any atom is -0.440 e. The van der Waals surface area contributed by atoms with Crippen LogP contribution in [0.3, 0.4) is 0 Å². The molecule has 1 heterocycles. The molecule has 0 atom stereocenters. The number of halogens is 3. The molecule has 1 aliphatic heterocycles. The summed E-state index contributed by atoms with van der Waals surface area (Å²) in [6, 6.07) is 0. The van der Waals surface area contributed by atoms with Crippen molar-refractivity contribution in [3.8, 4) is 0 Å². The van der Waals surface area contributed by atoms with Crippen LogP contribution < -0.4 is 0 Å². The number of carbonyl (C=O) groups excluding carboxylic acids is 1.